The van der Waals surface area contributed by atoms with Gasteiger partial charge in [-0.25, -0.2) is 9.37 Å². The van der Waals surface area contributed by atoms with Crippen molar-refractivity contribution in [3.63, 3.8) is 0 Å². The Hall–Kier alpha value is -3.17. The second-order valence-corrected chi connectivity index (χ2v) is 7.50. The van der Waals surface area contributed by atoms with E-state index in [2.05, 4.69) is 21.3 Å². The second kappa shape index (κ2) is 8.06. The van der Waals surface area contributed by atoms with Crippen LogP contribution in [0.4, 0.5) is 15.9 Å². The highest BCUT2D eigenvalue weighted by Crippen LogP contribution is 2.31. The van der Waals surface area contributed by atoms with Crippen LogP contribution in [0, 0.1) is 17.1 Å². The number of hydrogen-bond acceptors (Lipinski definition) is 5. The normalized spacial score (nSPS) is 15.9. The van der Waals surface area contributed by atoms with Crippen LogP contribution in [-0.2, 0) is 0 Å². The zero-order valence-corrected chi connectivity index (χ0v) is 16.3. The molecule has 0 spiro atoms. The van der Waals surface area contributed by atoms with Crippen molar-refractivity contribution in [3.05, 3.63) is 65.5 Å². The first-order valence-corrected chi connectivity index (χ1v) is 9.83. The molecule has 6 heteroatoms. The molecule has 0 bridgehead atoms. The standard InChI is InChI=1S/C23H23FN4O/c1-15(26-23-7-3-17-12-16(14-25)2-5-21(17)27-23)20-13-18(24)4-6-22(20)28-10-8-19(29)9-11-28/h2-7,12-13,15,19,29H,8-11H2,1H3,(H,26,27). The van der Waals surface area contributed by atoms with Crippen LogP contribution < -0.4 is 10.2 Å². The number of halogens is 1. The van der Waals surface area contributed by atoms with E-state index in [1.165, 1.54) is 6.07 Å². The van der Waals surface area contributed by atoms with Crippen molar-refractivity contribution < 1.29 is 9.50 Å². The molecule has 1 aromatic heterocycles. The summed E-state index contributed by atoms with van der Waals surface area (Å²) in [7, 11) is 0. The first kappa shape index (κ1) is 19.2. The lowest BCUT2D eigenvalue weighted by atomic mass is 10.0. The van der Waals surface area contributed by atoms with E-state index in [0.29, 0.717) is 11.4 Å². The number of nitriles is 1. The van der Waals surface area contributed by atoms with Crippen LogP contribution in [0.2, 0.25) is 0 Å². The molecule has 0 radical (unpaired) electrons. The predicted octanol–water partition coefficient (Wildman–Crippen LogP) is 4.38. The topological polar surface area (TPSA) is 72.2 Å². The van der Waals surface area contributed by atoms with Crippen molar-refractivity contribution in [2.24, 2.45) is 0 Å². The molecule has 1 unspecified atom stereocenters. The summed E-state index contributed by atoms with van der Waals surface area (Å²) in [5.41, 5.74) is 3.25. The predicted molar refractivity (Wildman–Crippen MR) is 112 cm³/mol. The van der Waals surface area contributed by atoms with Gasteiger partial charge in [-0.05, 0) is 68.3 Å². The average Bonchev–Trinajstić information content (AvgIpc) is 2.74. The number of fused-ring (bicyclic) bond motifs is 1. The van der Waals surface area contributed by atoms with Crippen molar-refractivity contribution in [2.45, 2.75) is 31.9 Å². The molecule has 1 aliphatic heterocycles. The number of benzene rings is 2. The highest BCUT2D eigenvalue weighted by Gasteiger charge is 2.22. The van der Waals surface area contributed by atoms with Gasteiger partial charge in [0.05, 0.1) is 29.3 Å². The van der Waals surface area contributed by atoms with Crippen LogP contribution in [0.25, 0.3) is 10.9 Å². The summed E-state index contributed by atoms with van der Waals surface area (Å²) in [6.07, 6.45) is 1.18. The van der Waals surface area contributed by atoms with Crippen LogP contribution in [-0.4, -0.2) is 29.3 Å². The van der Waals surface area contributed by atoms with E-state index in [4.69, 9.17) is 5.26 Å². The Morgan fingerprint density at radius 2 is 1.97 bits per heavy atom. The first-order chi connectivity index (χ1) is 14.0. The smallest absolute Gasteiger partial charge is 0.127 e. The van der Waals surface area contributed by atoms with E-state index < -0.39 is 0 Å². The van der Waals surface area contributed by atoms with Gasteiger partial charge in [0.15, 0.2) is 0 Å². The third-order valence-electron chi connectivity index (χ3n) is 5.44. The van der Waals surface area contributed by atoms with Gasteiger partial charge in [-0.3, -0.25) is 0 Å². The molecule has 3 aromatic rings. The highest BCUT2D eigenvalue weighted by molar-refractivity contribution is 5.81. The Balaban J connectivity index is 1.59. The lowest BCUT2D eigenvalue weighted by Crippen LogP contribution is -2.36. The van der Waals surface area contributed by atoms with E-state index in [-0.39, 0.29) is 18.0 Å². The number of aliphatic hydroxyl groups is 1. The fourth-order valence-corrected chi connectivity index (χ4v) is 3.84. The van der Waals surface area contributed by atoms with Crippen LogP contribution in [0.5, 0.6) is 0 Å². The van der Waals surface area contributed by atoms with Crippen LogP contribution in [0.15, 0.2) is 48.5 Å². The van der Waals surface area contributed by atoms with Crippen molar-refractivity contribution >= 4 is 22.4 Å². The largest absolute Gasteiger partial charge is 0.393 e. The molecule has 5 nitrogen and oxygen atoms in total. The Morgan fingerprint density at radius 1 is 1.17 bits per heavy atom. The van der Waals surface area contributed by atoms with Gasteiger partial charge in [0, 0.05) is 29.7 Å². The molecule has 2 N–H and O–H groups in total. The summed E-state index contributed by atoms with van der Waals surface area (Å²) in [6.45, 7) is 3.49. The number of pyridine rings is 1. The van der Waals surface area contributed by atoms with Gasteiger partial charge in [-0.1, -0.05) is 0 Å². The van der Waals surface area contributed by atoms with E-state index in [0.717, 1.165) is 48.1 Å². The zero-order chi connectivity index (χ0) is 20.4. The van der Waals surface area contributed by atoms with Gasteiger partial charge < -0.3 is 15.3 Å². The minimum atomic E-state index is -0.273. The molecule has 29 heavy (non-hydrogen) atoms. The molecule has 2 heterocycles. The van der Waals surface area contributed by atoms with E-state index in [9.17, 15) is 9.50 Å². The molecular formula is C23H23FN4O. The van der Waals surface area contributed by atoms with Gasteiger partial charge in [0.2, 0.25) is 0 Å². The minimum Gasteiger partial charge on any atom is -0.393 e. The molecule has 0 amide bonds. The molecule has 1 saturated heterocycles. The molecule has 1 fully saturated rings. The number of nitrogens with one attached hydrogen (secondary N) is 1. The third kappa shape index (κ3) is 4.15. The van der Waals surface area contributed by atoms with Crippen molar-refractivity contribution in [3.8, 4) is 6.07 Å². The minimum absolute atomic E-state index is 0.157. The Bertz CT molecular complexity index is 1070. The summed E-state index contributed by atoms with van der Waals surface area (Å²) in [6, 6.07) is 16.0. The maximum Gasteiger partial charge on any atom is 0.127 e. The molecule has 0 aliphatic carbocycles. The molecule has 2 aromatic carbocycles. The van der Waals surface area contributed by atoms with E-state index in [1.807, 2.05) is 37.3 Å². The molecule has 148 valence electrons. The van der Waals surface area contributed by atoms with Gasteiger partial charge in [-0.2, -0.15) is 5.26 Å². The monoisotopic (exact) mass is 390 g/mol. The van der Waals surface area contributed by atoms with Gasteiger partial charge in [0.1, 0.15) is 11.6 Å². The second-order valence-electron chi connectivity index (χ2n) is 7.50. The van der Waals surface area contributed by atoms with Gasteiger partial charge >= 0.3 is 0 Å². The summed E-state index contributed by atoms with van der Waals surface area (Å²) in [5.74, 6) is 0.420. The van der Waals surface area contributed by atoms with Crippen molar-refractivity contribution in [1.29, 1.82) is 5.26 Å². The molecular weight excluding hydrogens is 367 g/mol. The van der Waals surface area contributed by atoms with Gasteiger partial charge in [0.25, 0.3) is 0 Å². The SMILES string of the molecule is CC(Nc1ccc2cc(C#N)ccc2n1)c1cc(F)ccc1N1CCC(O)CC1. The Labute approximate surface area is 169 Å². The first-order valence-electron chi connectivity index (χ1n) is 9.83. The number of anilines is 2. The van der Waals surface area contributed by atoms with Crippen LogP contribution >= 0.6 is 0 Å². The Morgan fingerprint density at radius 3 is 2.72 bits per heavy atom. The number of aliphatic hydroxyl groups excluding tert-OH is 1. The van der Waals surface area contributed by atoms with Crippen molar-refractivity contribution in [1.82, 2.24) is 4.98 Å². The molecule has 1 aliphatic rings. The summed E-state index contributed by atoms with van der Waals surface area (Å²) < 4.78 is 14.0. The number of nitrogens with zero attached hydrogens (tertiary/aromatic N) is 3. The lowest BCUT2D eigenvalue weighted by molar-refractivity contribution is 0.145. The average molecular weight is 390 g/mol. The Kier molecular flexibility index (Phi) is 5.32. The molecule has 1 atom stereocenters. The lowest BCUT2D eigenvalue weighted by Gasteiger charge is -2.34. The van der Waals surface area contributed by atoms with Crippen LogP contribution in [0.3, 0.4) is 0 Å². The highest BCUT2D eigenvalue weighted by atomic mass is 19.1. The number of piperidine rings is 1. The summed E-state index contributed by atoms with van der Waals surface area (Å²) in [4.78, 5) is 6.83. The molecule has 0 saturated carbocycles. The van der Waals surface area contributed by atoms with Gasteiger partial charge in [-0.15, -0.1) is 0 Å². The number of aromatic nitrogens is 1. The maximum atomic E-state index is 14.0. The third-order valence-corrected chi connectivity index (χ3v) is 5.44. The van der Waals surface area contributed by atoms with Crippen LogP contribution in [0.1, 0.15) is 36.9 Å². The van der Waals surface area contributed by atoms with E-state index >= 15 is 0 Å². The quantitative estimate of drug-likeness (QED) is 0.692. The fourth-order valence-electron chi connectivity index (χ4n) is 3.84. The summed E-state index contributed by atoms with van der Waals surface area (Å²) in [5, 5.41) is 23.1. The summed E-state index contributed by atoms with van der Waals surface area (Å²) >= 11 is 0. The van der Waals surface area contributed by atoms with Crippen molar-refractivity contribution in [2.75, 3.05) is 23.3 Å². The fraction of sp³-hybridized carbons (Fsp3) is 0.304. The van der Waals surface area contributed by atoms with E-state index in [1.54, 1.807) is 12.1 Å². The molecule has 4 rings (SSSR count). The number of rotatable bonds is 4. The zero-order valence-electron chi connectivity index (χ0n) is 16.3. The maximum absolute atomic E-state index is 14.0. The number of hydrogen-bond donors (Lipinski definition) is 2.